The fraction of sp³-hybridized carbons (Fsp3) is 0.312. The van der Waals surface area contributed by atoms with E-state index in [0.717, 1.165) is 46.2 Å². The topological polar surface area (TPSA) is 116 Å². The van der Waals surface area contributed by atoms with Crippen LogP contribution >= 0.6 is 0 Å². The average Bonchev–Trinajstić information content (AvgIpc) is 3.78. The first-order valence-electron chi connectivity index (χ1n) is 14.4. The molecule has 222 valence electrons. The number of H-pyrrole nitrogens is 1. The monoisotopic (exact) mass is 602 g/mol. The second kappa shape index (κ2) is 10.6. The highest BCUT2D eigenvalue weighted by Crippen LogP contribution is 2.43. The summed E-state index contributed by atoms with van der Waals surface area (Å²) in [6.45, 7) is 0.741. The molecule has 1 amide bonds. The average molecular weight is 603 g/mol. The molecule has 7 rings (SSSR count). The molecule has 1 fully saturated rings. The summed E-state index contributed by atoms with van der Waals surface area (Å²) in [5, 5.41) is 11.5. The number of rotatable bonds is 6. The largest absolute Gasteiger partial charge is 0.491 e. The Morgan fingerprint density at radius 3 is 2.70 bits per heavy atom. The van der Waals surface area contributed by atoms with Crippen molar-refractivity contribution in [1.29, 1.82) is 0 Å². The van der Waals surface area contributed by atoms with Crippen LogP contribution in [0, 0.1) is 5.82 Å². The number of benzene rings is 2. The van der Waals surface area contributed by atoms with Gasteiger partial charge in [-0.25, -0.2) is 17.8 Å². The van der Waals surface area contributed by atoms with Crippen LogP contribution in [-0.2, 0) is 16.6 Å². The summed E-state index contributed by atoms with van der Waals surface area (Å²) in [7, 11) is -3.26. The lowest BCUT2D eigenvalue weighted by molar-refractivity contribution is 0.0985. The number of aliphatic hydroxyl groups is 1. The predicted molar refractivity (Wildman–Crippen MR) is 162 cm³/mol. The van der Waals surface area contributed by atoms with E-state index in [2.05, 4.69) is 9.97 Å². The molecule has 0 radical (unpaired) electrons. The summed E-state index contributed by atoms with van der Waals surface area (Å²) in [6, 6.07) is 12.5. The Balaban J connectivity index is 1.27. The van der Waals surface area contributed by atoms with Crippen molar-refractivity contribution in [3.05, 3.63) is 82.9 Å². The minimum absolute atomic E-state index is 0.0898. The molecule has 2 aromatic carbocycles. The Hall–Kier alpha value is -4.06. The van der Waals surface area contributed by atoms with E-state index >= 15 is 4.39 Å². The minimum Gasteiger partial charge on any atom is -0.491 e. The van der Waals surface area contributed by atoms with E-state index in [1.54, 1.807) is 18.3 Å². The number of carbonyl (C=O) groups excluding carboxylic acids is 1. The van der Waals surface area contributed by atoms with Gasteiger partial charge in [-0.15, -0.1) is 0 Å². The van der Waals surface area contributed by atoms with Crippen molar-refractivity contribution in [1.82, 2.24) is 14.3 Å². The molecule has 3 aliphatic rings. The summed E-state index contributed by atoms with van der Waals surface area (Å²) in [5.74, 6) is -0.512. The van der Waals surface area contributed by atoms with Crippen molar-refractivity contribution in [2.45, 2.75) is 31.8 Å². The second-order valence-corrected chi connectivity index (χ2v) is 13.3. The zero-order valence-corrected chi connectivity index (χ0v) is 24.5. The molecule has 1 saturated carbocycles. The number of halogens is 1. The van der Waals surface area contributed by atoms with Crippen molar-refractivity contribution in [2.24, 2.45) is 0 Å². The Kier molecular flexibility index (Phi) is 6.83. The smallest absolute Gasteiger partial charge is 0.265 e. The van der Waals surface area contributed by atoms with Gasteiger partial charge < -0.3 is 19.7 Å². The fourth-order valence-electron chi connectivity index (χ4n) is 6.17. The Morgan fingerprint density at radius 2 is 1.98 bits per heavy atom. The summed E-state index contributed by atoms with van der Waals surface area (Å²) in [4.78, 5) is 23.2. The first kappa shape index (κ1) is 27.8. The molecule has 0 saturated heterocycles. The van der Waals surface area contributed by atoms with Crippen LogP contribution in [0.4, 0.5) is 10.1 Å². The SMILES string of the molecule is CS(=O)(=O)N1CC=C(c2cc3c(-c4cccc(N5CCOc6cc(C7CC7)cc(F)c6C5=O)c4CO)ccnc3[nH]2)CC1. The van der Waals surface area contributed by atoms with Crippen LogP contribution in [0.1, 0.15) is 52.4 Å². The molecule has 0 atom stereocenters. The van der Waals surface area contributed by atoms with Crippen molar-refractivity contribution in [2.75, 3.05) is 37.4 Å². The van der Waals surface area contributed by atoms with Crippen molar-refractivity contribution >= 4 is 38.2 Å². The maximum absolute atomic E-state index is 15.4. The van der Waals surface area contributed by atoms with E-state index in [1.807, 2.05) is 30.3 Å². The van der Waals surface area contributed by atoms with Gasteiger partial charge in [0.1, 0.15) is 29.4 Å². The van der Waals surface area contributed by atoms with Gasteiger partial charge in [0.15, 0.2) is 0 Å². The third kappa shape index (κ3) is 5.01. The summed E-state index contributed by atoms with van der Waals surface area (Å²) in [6.07, 6.45) is 7.38. The third-order valence-electron chi connectivity index (χ3n) is 8.57. The molecule has 2 N–H and O–H groups in total. The third-order valence-corrected chi connectivity index (χ3v) is 9.84. The van der Waals surface area contributed by atoms with Gasteiger partial charge >= 0.3 is 0 Å². The molecule has 0 unspecified atom stereocenters. The molecule has 11 heteroatoms. The van der Waals surface area contributed by atoms with Crippen LogP contribution in [-0.4, -0.2) is 66.2 Å². The summed E-state index contributed by atoms with van der Waals surface area (Å²) >= 11 is 0. The van der Waals surface area contributed by atoms with Gasteiger partial charge in [-0.05, 0) is 77.8 Å². The fourth-order valence-corrected chi connectivity index (χ4v) is 6.93. The molecule has 1 aliphatic carbocycles. The highest BCUT2D eigenvalue weighted by Gasteiger charge is 2.33. The number of carbonyl (C=O) groups is 1. The lowest BCUT2D eigenvalue weighted by Gasteiger charge is -2.24. The molecule has 9 nitrogen and oxygen atoms in total. The number of hydrogen-bond donors (Lipinski definition) is 2. The number of aromatic amines is 1. The van der Waals surface area contributed by atoms with E-state index in [4.69, 9.17) is 4.74 Å². The maximum Gasteiger partial charge on any atom is 0.265 e. The van der Waals surface area contributed by atoms with E-state index in [1.165, 1.54) is 21.5 Å². The maximum atomic E-state index is 15.4. The first-order chi connectivity index (χ1) is 20.7. The van der Waals surface area contributed by atoms with Crippen LogP contribution in [0.3, 0.4) is 0 Å². The molecule has 4 aromatic rings. The van der Waals surface area contributed by atoms with E-state index in [-0.39, 0.29) is 31.1 Å². The van der Waals surface area contributed by atoms with Crippen molar-refractivity contribution in [3.63, 3.8) is 0 Å². The highest BCUT2D eigenvalue weighted by molar-refractivity contribution is 7.88. The number of ether oxygens (including phenoxy) is 1. The zero-order chi connectivity index (χ0) is 29.9. The van der Waals surface area contributed by atoms with Crippen molar-refractivity contribution in [3.8, 4) is 16.9 Å². The molecule has 0 spiro atoms. The quantitative estimate of drug-likeness (QED) is 0.327. The lowest BCUT2D eigenvalue weighted by Crippen LogP contribution is -2.33. The molecule has 4 heterocycles. The van der Waals surface area contributed by atoms with Gasteiger partial charge in [-0.3, -0.25) is 4.79 Å². The normalized spacial score (nSPS) is 17.9. The van der Waals surface area contributed by atoms with Gasteiger partial charge in [0, 0.05) is 35.9 Å². The van der Waals surface area contributed by atoms with Gasteiger partial charge in [-0.2, -0.15) is 4.31 Å². The van der Waals surface area contributed by atoms with Gasteiger partial charge in [0.05, 0.1) is 25.1 Å². The molecular weight excluding hydrogens is 571 g/mol. The van der Waals surface area contributed by atoms with Gasteiger partial charge in [0.2, 0.25) is 10.0 Å². The number of sulfonamides is 1. The standard InChI is InChI=1S/C32H31FN4O5S/c1-43(40,41)36-11-8-20(9-12-36)27-17-24-23(7-10-34-31(24)35-27)22-3-2-4-28(25(22)18-38)37-13-14-42-29-16-21(19-5-6-19)15-26(33)30(29)32(37)39/h2-4,7-8,10,15-17,19,38H,5-6,9,11-14,18H2,1H3,(H,34,35). The second-order valence-electron chi connectivity index (χ2n) is 11.3. The molecule has 2 aliphatic heterocycles. The van der Waals surface area contributed by atoms with Crippen LogP contribution in [0.2, 0.25) is 0 Å². The number of hydrogen-bond acceptors (Lipinski definition) is 6. The van der Waals surface area contributed by atoms with Crippen LogP contribution in [0.25, 0.3) is 27.7 Å². The first-order valence-corrected chi connectivity index (χ1v) is 16.2. The van der Waals surface area contributed by atoms with Crippen LogP contribution in [0.5, 0.6) is 5.75 Å². The number of nitrogens with one attached hydrogen (secondary N) is 1. The summed E-state index contributed by atoms with van der Waals surface area (Å²) in [5.41, 5.74) is 5.83. The number of pyridine rings is 1. The summed E-state index contributed by atoms with van der Waals surface area (Å²) < 4.78 is 46.6. The van der Waals surface area contributed by atoms with Crippen molar-refractivity contribution < 1.29 is 27.4 Å². The number of nitrogens with zero attached hydrogens (tertiary/aromatic N) is 3. The molecule has 2 aromatic heterocycles. The Morgan fingerprint density at radius 1 is 1.14 bits per heavy atom. The Bertz CT molecular complexity index is 1910. The number of anilines is 1. The van der Waals surface area contributed by atoms with Crippen LogP contribution < -0.4 is 9.64 Å². The Labute approximate surface area is 248 Å². The molecular formula is C32H31FN4O5S. The highest BCUT2D eigenvalue weighted by atomic mass is 32.2. The zero-order valence-electron chi connectivity index (χ0n) is 23.6. The minimum atomic E-state index is -3.26. The lowest BCUT2D eigenvalue weighted by atomic mass is 9.95. The number of fused-ring (bicyclic) bond motifs is 2. The number of aromatic nitrogens is 2. The van der Waals surface area contributed by atoms with Crippen LogP contribution in [0.15, 0.2) is 54.7 Å². The predicted octanol–water partition coefficient (Wildman–Crippen LogP) is 4.83. The van der Waals surface area contributed by atoms with Gasteiger partial charge in [0.25, 0.3) is 5.91 Å². The van der Waals surface area contributed by atoms with Gasteiger partial charge in [-0.1, -0.05) is 18.2 Å². The number of aliphatic hydroxyl groups excluding tert-OH is 1. The van der Waals surface area contributed by atoms with E-state index in [0.29, 0.717) is 42.3 Å². The molecule has 43 heavy (non-hydrogen) atoms. The number of amides is 1. The van der Waals surface area contributed by atoms with E-state index in [9.17, 15) is 18.3 Å². The molecule has 0 bridgehead atoms. The van der Waals surface area contributed by atoms with E-state index < -0.39 is 21.7 Å².